The predicted octanol–water partition coefficient (Wildman–Crippen LogP) is 3.46. The maximum Gasteiger partial charge on any atom is 0.0951 e. The topological polar surface area (TPSA) is 0 Å². The van der Waals surface area contributed by atoms with Gasteiger partial charge in [-0.2, -0.15) is 0 Å². The van der Waals surface area contributed by atoms with E-state index in [0.717, 1.165) is 19.3 Å². The van der Waals surface area contributed by atoms with Crippen LogP contribution in [0.25, 0.3) is 0 Å². The molecule has 1 unspecified atom stereocenters. The molecule has 2 rings (SSSR count). The minimum Gasteiger partial charge on any atom is -0.250 e. The van der Waals surface area contributed by atoms with Crippen molar-refractivity contribution in [1.29, 1.82) is 0 Å². The number of benzene rings is 1. The summed E-state index contributed by atoms with van der Waals surface area (Å²) < 4.78 is 12.9. The molecule has 0 aliphatic heterocycles. The minimum atomic E-state index is -0.194. The number of aryl methyl sites for hydroxylation is 2. The van der Waals surface area contributed by atoms with Crippen LogP contribution in [-0.4, -0.2) is 6.67 Å². The maximum atomic E-state index is 12.9. The third-order valence-electron chi connectivity index (χ3n) is 3.30. The molecule has 1 heteroatoms. The van der Waals surface area contributed by atoms with Crippen molar-refractivity contribution >= 4 is 0 Å². The van der Waals surface area contributed by atoms with Crippen LogP contribution in [0, 0.1) is 12.3 Å². The molecule has 76 valence electrons. The SMILES string of the molecule is Cc1ccc2c(c1)CC(C)(CF)CC2. The lowest BCUT2D eigenvalue weighted by molar-refractivity contribution is 0.203. The summed E-state index contributed by atoms with van der Waals surface area (Å²) in [6, 6.07) is 6.56. The quantitative estimate of drug-likeness (QED) is 0.639. The average molecular weight is 192 g/mol. The number of hydrogen-bond donors (Lipinski definition) is 0. The van der Waals surface area contributed by atoms with E-state index in [1.54, 1.807) is 0 Å². The summed E-state index contributed by atoms with van der Waals surface area (Å²) >= 11 is 0. The Hall–Kier alpha value is -0.850. The molecule has 1 atom stereocenters. The fourth-order valence-electron chi connectivity index (χ4n) is 2.26. The molecule has 1 aromatic rings. The van der Waals surface area contributed by atoms with E-state index in [2.05, 4.69) is 32.0 Å². The second-order valence-electron chi connectivity index (χ2n) is 4.89. The Labute approximate surface area is 85.1 Å². The van der Waals surface area contributed by atoms with Gasteiger partial charge in [-0.1, -0.05) is 30.7 Å². The van der Waals surface area contributed by atoms with Crippen LogP contribution in [0.2, 0.25) is 0 Å². The largest absolute Gasteiger partial charge is 0.250 e. The number of halogens is 1. The Morgan fingerprint density at radius 1 is 1.36 bits per heavy atom. The number of rotatable bonds is 1. The summed E-state index contributed by atoms with van der Waals surface area (Å²) in [5.74, 6) is 0. The first kappa shape index (κ1) is 9.70. The lowest BCUT2D eigenvalue weighted by Crippen LogP contribution is -2.27. The van der Waals surface area contributed by atoms with Gasteiger partial charge in [0.2, 0.25) is 0 Å². The molecule has 0 nitrogen and oxygen atoms in total. The first-order valence-corrected chi connectivity index (χ1v) is 5.27. The summed E-state index contributed by atoms with van der Waals surface area (Å²) in [7, 11) is 0. The van der Waals surface area contributed by atoms with E-state index in [9.17, 15) is 4.39 Å². The molecule has 0 N–H and O–H groups in total. The van der Waals surface area contributed by atoms with E-state index >= 15 is 0 Å². The third kappa shape index (κ3) is 1.68. The van der Waals surface area contributed by atoms with Gasteiger partial charge in [-0.3, -0.25) is 4.39 Å². The van der Waals surface area contributed by atoms with Crippen molar-refractivity contribution in [1.82, 2.24) is 0 Å². The van der Waals surface area contributed by atoms with Gasteiger partial charge in [-0.05, 0) is 37.3 Å². The first-order chi connectivity index (χ1) is 6.63. The van der Waals surface area contributed by atoms with Crippen LogP contribution in [0.5, 0.6) is 0 Å². The van der Waals surface area contributed by atoms with Gasteiger partial charge in [0, 0.05) is 5.41 Å². The molecule has 0 aromatic heterocycles. The van der Waals surface area contributed by atoms with Gasteiger partial charge >= 0.3 is 0 Å². The zero-order chi connectivity index (χ0) is 10.2. The summed E-state index contributed by atoms with van der Waals surface area (Å²) in [5, 5.41) is 0. The van der Waals surface area contributed by atoms with Gasteiger partial charge in [0.05, 0.1) is 6.67 Å². The van der Waals surface area contributed by atoms with Crippen LogP contribution >= 0.6 is 0 Å². The molecule has 1 aliphatic rings. The number of alkyl halides is 1. The second-order valence-corrected chi connectivity index (χ2v) is 4.89. The van der Waals surface area contributed by atoms with Gasteiger partial charge < -0.3 is 0 Å². The molecule has 0 saturated heterocycles. The molecule has 14 heavy (non-hydrogen) atoms. The standard InChI is InChI=1S/C13H17F/c1-10-3-4-11-5-6-13(2,9-14)8-12(11)7-10/h3-4,7H,5-6,8-9H2,1-2H3. The van der Waals surface area contributed by atoms with E-state index in [4.69, 9.17) is 0 Å². The number of hydrogen-bond acceptors (Lipinski definition) is 0. The molecule has 1 aliphatic carbocycles. The zero-order valence-electron chi connectivity index (χ0n) is 8.94. The fraction of sp³-hybridized carbons (Fsp3) is 0.538. The van der Waals surface area contributed by atoms with Crippen LogP contribution in [0.3, 0.4) is 0 Å². The molecular formula is C13H17F. The summed E-state index contributed by atoms with van der Waals surface area (Å²) in [6.45, 7) is 3.96. The van der Waals surface area contributed by atoms with Crippen LogP contribution < -0.4 is 0 Å². The van der Waals surface area contributed by atoms with Crippen LogP contribution in [0.4, 0.5) is 4.39 Å². The highest BCUT2D eigenvalue weighted by Gasteiger charge is 2.29. The van der Waals surface area contributed by atoms with Crippen LogP contribution in [0.1, 0.15) is 30.0 Å². The first-order valence-electron chi connectivity index (χ1n) is 5.27. The smallest absolute Gasteiger partial charge is 0.0951 e. The van der Waals surface area contributed by atoms with E-state index < -0.39 is 0 Å². The highest BCUT2D eigenvalue weighted by molar-refractivity contribution is 5.34. The Bertz CT molecular complexity index is 343. The van der Waals surface area contributed by atoms with Crippen LogP contribution in [0.15, 0.2) is 18.2 Å². The fourth-order valence-corrected chi connectivity index (χ4v) is 2.26. The van der Waals surface area contributed by atoms with E-state index in [-0.39, 0.29) is 12.1 Å². The Morgan fingerprint density at radius 2 is 2.14 bits per heavy atom. The summed E-state index contributed by atoms with van der Waals surface area (Å²) in [5.41, 5.74) is 3.95. The Kier molecular flexibility index (Phi) is 2.34. The van der Waals surface area contributed by atoms with Crippen molar-refractivity contribution in [3.05, 3.63) is 34.9 Å². The third-order valence-corrected chi connectivity index (χ3v) is 3.30. The van der Waals surface area contributed by atoms with Gasteiger partial charge in [-0.15, -0.1) is 0 Å². The van der Waals surface area contributed by atoms with Gasteiger partial charge in [0.1, 0.15) is 0 Å². The van der Waals surface area contributed by atoms with Crippen molar-refractivity contribution in [3.8, 4) is 0 Å². The van der Waals surface area contributed by atoms with Gasteiger partial charge in [0.25, 0.3) is 0 Å². The molecule has 0 saturated carbocycles. The average Bonchev–Trinajstić information content (AvgIpc) is 2.17. The normalized spacial score (nSPS) is 25.9. The Morgan fingerprint density at radius 3 is 2.86 bits per heavy atom. The highest BCUT2D eigenvalue weighted by Crippen LogP contribution is 2.35. The van der Waals surface area contributed by atoms with E-state index in [0.29, 0.717) is 0 Å². The van der Waals surface area contributed by atoms with Crippen molar-refractivity contribution in [2.24, 2.45) is 5.41 Å². The molecular weight excluding hydrogens is 175 g/mol. The molecule has 1 aromatic carbocycles. The molecule has 0 amide bonds. The Balaban J connectivity index is 2.33. The molecule has 0 radical (unpaired) electrons. The predicted molar refractivity (Wildman–Crippen MR) is 57.3 cm³/mol. The number of fused-ring (bicyclic) bond motifs is 1. The lowest BCUT2D eigenvalue weighted by Gasteiger charge is -2.32. The van der Waals surface area contributed by atoms with Crippen molar-refractivity contribution in [2.45, 2.75) is 33.1 Å². The molecule has 0 bridgehead atoms. The minimum absolute atomic E-state index is 0.110. The summed E-state index contributed by atoms with van der Waals surface area (Å²) in [6.07, 6.45) is 2.93. The van der Waals surface area contributed by atoms with Crippen molar-refractivity contribution in [3.63, 3.8) is 0 Å². The highest BCUT2D eigenvalue weighted by atomic mass is 19.1. The second kappa shape index (κ2) is 3.38. The van der Waals surface area contributed by atoms with Crippen LogP contribution in [-0.2, 0) is 12.8 Å². The van der Waals surface area contributed by atoms with Gasteiger partial charge in [0.15, 0.2) is 0 Å². The summed E-state index contributed by atoms with van der Waals surface area (Å²) in [4.78, 5) is 0. The maximum absolute atomic E-state index is 12.9. The monoisotopic (exact) mass is 192 g/mol. The molecule has 0 heterocycles. The van der Waals surface area contributed by atoms with Crippen molar-refractivity contribution < 1.29 is 4.39 Å². The van der Waals surface area contributed by atoms with E-state index in [1.807, 2.05) is 0 Å². The molecule has 0 fully saturated rings. The van der Waals surface area contributed by atoms with Gasteiger partial charge in [-0.25, -0.2) is 0 Å². The zero-order valence-corrected chi connectivity index (χ0v) is 8.94. The van der Waals surface area contributed by atoms with Crippen molar-refractivity contribution in [2.75, 3.05) is 6.67 Å². The molecule has 0 spiro atoms. The van der Waals surface area contributed by atoms with E-state index in [1.165, 1.54) is 16.7 Å². The lowest BCUT2D eigenvalue weighted by atomic mass is 9.73.